The molecule has 1 aromatic carbocycles. The Balaban J connectivity index is 2.47. The summed E-state index contributed by atoms with van der Waals surface area (Å²) in [6, 6.07) is 5.95. The summed E-state index contributed by atoms with van der Waals surface area (Å²) in [5.41, 5.74) is 7.64. The molecule has 0 aliphatic heterocycles. The Bertz CT molecular complexity index is 545. The molecule has 0 atom stereocenters. The SMILES string of the molecule is C=CCn1c(CCCN)nc2cc(OC)ccc21. The molecule has 0 bridgehead atoms. The molecule has 0 aliphatic rings. The van der Waals surface area contributed by atoms with Gasteiger partial charge in [0.2, 0.25) is 0 Å². The van der Waals surface area contributed by atoms with Crippen molar-refractivity contribution in [2.75, 3.05) is 13.7 Å². The number of rotatable bonds is 6. The standard InChI is InChI=1S/C14H19N3O/c1-3-9-17-13-7-6-11(18-2)10-12(13)16-14(17)5-4-8-15/h3,6-7,10H,1,4-5,8-9,15H2,2H3. The van der Waals surface area contributed by atoms with Crippen LogP contribution in [0.1, 0.15) is 12.2 Å². The molecule has 0 fully saturated rings. The Kier molecular flexibility index (Phi) is 3.99. The molecule has 0 amide bonds. The number of benzene rings is 1. The lowest BCUT2D eigenvalue weighted by atomic mass is 10.3. The minimum absolute atomic E-state index is 0.681. The summed E-state index contributed by atoms with van der Waals surface area (Å²) in [5, 5.41) is 0. The van der Waals surface area contributed by atoms with Crippen LogP contribution >= 0.6 is 0 Å². The summed E-state index contributed by atoms with van der Waals surface area (Å²) in [6.07, 6.45) is 3.72. The van der Waals surface area contributed by atoms with Gasteiger partial charge in [-0.2, -0.15) is 0 Å². The Morgan fingerprint density at radius 3 is 3.00 bits per heavy atom. The fourth-order valence-corrected chi connectivity index (χ4v) is 2.07. The molecule has 4 nitrogen and oxygen atoms in total. The van der Waals surface area contributed by atoms with Crippen LogP contribution in [0, 0.1) is 0 Å². The highest BCUT2D eigenvalue weighted by Crippen LogP contribution is 2.22. The molecular weight excluding hydrogens is 226 g/mol. The second-order valence-electron chi connectivity index (χ2n) is 4.17. The molecule has 0 unspecified atom stereocenters. The second kappa shape index (κ2) is 5.69. The Morgan fingerprint density at radius 1 is 1.50 bits per heavy atom. The zero-order chi connectivity index (χ0) is 13.0. The first kappa shape index (κ1) is 12.6. The summed E-state index contributed by atoms with van der Waals surface area (Å²) in [5.74, 6) is 1.89. The molecule has 0 saturated carbocycles. The molecule has 2 N–H and O–H groups in total. The van der Waals surface area contributed by atoms with Crippen LogP contribution in [0.3, 0.4) is 0 Å². The largest absolute Gasteiger partial charge is 0.497 e. The molecule has 2 aromatic rings. The van der Waals surface area contributed by atoms with Crippen molar-refractivity contribution in [3.8, 4) is 5.75 Å². The number of aryl methyl sites for hydroxylation is 1. The third-order valence-corrected chi connectivity index (χ3v) is 2.95. The third kappa shape index (κ3) is 2.38. The molecule has 0 radical (unpaired) electrons. The maximum atomic E-state index is 5.56. The molecule has 18 heavy (non-hydrogen) atoms. The molecule has 1 heterocycles. The number of ether oxygens (including phenoxy) is 1. The third-order valence-electron chi connectivity index (χ3n) is 2.95. The molecule has 0 saturated heterocycles. The van der Waals surface area contributed by atoms with Crippen LogP contribution in [0.4, 0.5) is 0 Å². The number of nitrogens with two attached hydrogens (primary N) is 1. The van der Waals surface area contributed by atoms with Gasteiger partial charge in [0.25, 0.3) is 0 Å². The molecule has 4 heteroatoms. The maximum absolute atomic E-state index is 5.56. The first-order valence-electron chi connectivity index (χ1n) is 6.14. The highest BCUT2D eigenvalue weighted by molar-refractivity contribution is 5.77. The van der Waals surface area contributed by atoms with Crippen molar-refractivity contribution in [1.82, 2.24) is 9.55 Å². The average Bonchev–Trinajstić information content (AvgIpc) is 2.74. The first-order valence-corrected chi connectivity index (χ1v) is 6.14. The number of fused-ring (bicyclic) bond motifs is 1. The van der Waals surface area contributed by atoms with Crippen molar-refractivity contribution in [3.05, 3.63) is 36.7 Å². The van der Waals surface area contributed by atoms with Gasteiger partial charge in [0.05, 0.1) is 18.1 Å². The number of aromatic nitrogens is 2. The second-order valence-corrected chi connectivity index (χ2v) is 4.17. The van der Waals surface area contributed by atoms with Crippen molar-refractivity contribution < 1.29 is 4.74 Å². The average molecular weight is 245 g/mol. The van der Waals surface area contributed by atoms with Crippen molar-refractivity contribution in [2.24, 2.45) is 5.73 Å². The van der Waals surface area contributed by atoms with E-state index in [1.165, 1.54) is 0 Å². The van der Waals surface area contributed by atoms with Crippen LogP contribution in [0.15, 0.2) is 30.9 Å². The van der Waals surface area contributed by atoms with Crippen molar-refractivity contribution in [2.45, 2.75) is 19.4 Å². The molecule has 2 rings (SSSR count). The van der Waals surface area contributed by atoms with Crippen LogP contribution < -0.4 is 10.5 Å². The summed E-state index contributed by atoms with van der Waals surface area (Å²) in [4.78, 5) is 4.66. The lowest BCUT2D eigenvalue weighted by Crippen LogP contribution is -2.06. The van der Waals surface area contributed by atoms with E-state index >= 15 is 0 Å². The predicted molar refractivity (Wildman–Crippen MR) is 73.9 cm³/mol. The van der Waals surface area contributed by atoms with Crippen LogP contribution in [0.5, 0.6) is 5.75 Å². The maximum Gasteiger partial charge on any atom is 0.121 e. The van der Waals surface area contributed by atoms with E-state index in [2.05, 4.69) is 16.1 Å². The van der Waals surface area contributed by atoms with Gasteiger partial charge in [-0.1, -0.05) is 6.08 Å². The molecule has 1 aromatic heterocycles. The van der Waals surface area contributed by atoms with Gasteiger partial charge >= 0.3 is 0 Å². The quantitative estimate of drug-likeness (QED) is 0.793. The monoisotopic (exact) mass is 245 g/mol. The van der Waals surface area contributed by atoms with Crippen molar-refractivity contribution in [3.63, 3.8) is 0 Å². The normalized spacial score (nSPS) is 10.8. The summed E-state index contributed by atoms with van der Waals surface area (Å²) < 4.78 is 7.40. The van der Waals surface area contributed by atoms with E-state index in [9.17, 15) is 0 Å². The van der Waals surface area contributed by atoms with E-state index in [-0.39, 0.29) is 0 Å². The van der Waals surface area contributed by atoms with Crippen LogP contribution in [0.25, 0.3) is 11.0 Å². The lowest BCUT2D eigenvalue weighted by Gasteiger charge is -2.05. The fourth-order valence-electron chi connectivity index (χ4n) is 2.07. The van der Waals surface area contributed by atoms with Crippen LogP contribution in [-0.4, -0.2) is 23.2 Å². The highest BCUT2D eigenvalue weighted by Gasteiger charge is 2.10. The van der Waals surface area contributed by atoms with Gasteiger partial charge in [-0.05, 0) is 25.1 Å². The fraction of sp³-hybridized carbons (Fsp3) is 0.357. The smallest absolute Gasteiger partial charge is 0.121 e. The van der Waals surface area contributed by atoms with Gasteiger partial charge in [0.15, 0.2) is 0 Å². The van der Waals surface area contributed by atoms with E-state index in [0.29, 0.717) is 6.54 Å². The lowest BCUT2D eigenvalue weighted by molar-refractivity contribution is 0.415. The van der Waals surface area contributed by atoms with E-state index in [0.717, 1.165) is 42.0 Å². The molecular formula is C14H19N3O. The van der Waals surface area contributed by atoms with Gasteiger partial charge in [-0.15, -0.1) is 6.58 Å². The van der Waals surface area contributed by atoms with Gasteiger partial charge in [-0.3, -0.25) is 0 Å². The van der Waals surface area contributed by atoms with Gasteiger partial charge in [0.1, 0.15) is 11.6 Å². The van der Waals surface area contributed by atoms with E-state index in [4.69, 9.17) is 10.5 Å². The summed E-state index contributed by atoms with van der Waals surface area (Å²) >= 11 is 0. The van der Waals surface area contributed by atoms with Gasteiger partial charge in [0, 0.05) is 19.0 Å². The Morgan fingerprint density at radius 2 is 2.33 bits per heavy atom. The van der Waals surface area contributed by atoms with Crippen molar-refractivity contribution >= 4 is 11.0 Å². The number of nitrogens with zero attached hydrogens (tertiary/aromatic N) is 2. The minimum Gasteiger partial charge on any atom is -0.497 e. The Labute approximate surface area is 107 Å². The first-order chi connectivity index (χ1) is 8.80. The van der Waals surface area contributed by atoms with E-state index in [1.807, 2.05) is 24.3 Å². The zero-order valence-electron chi connectivity index (χ0n) is 10.7. The minimum atomic E-state index is 0.681. The molecule has 96 valence electrons. The number of imidazole rings is 1. The highest BCUT2D eigenvalue weighted by atomic mass is 16.5. The van der Waals surface area contributed by atoms with E-state index in [1.54, 1.807) is 7.11 Å². The number of hydrogen-bond donors (Lipinski definition) is 1. The van der Waals surface area contributed by atoms with Gasteiger partial charge in [-0.25, -0.2) is 4.98 Å². The predicted octanol–water partition coefficient (Wildman–Crippen LogP) is 2.12. The number of allylic oxidation sites excluding steroid dienone is 1. The Hall–Kier alpha value is -1.81. The summed E-state index contributed by atoms with van der Waals surface area (Å²) in [7, 11) is 1.66. The van der Waals surface area contributed by atoms with Crippen molar-refractivity contribution in [1.29, 1.82) is 0 Å². The van der Waals surface area contributed by atoms with Gasteiger partial charge < -0.3 is 15.0 Å². The van der Waals surface area contributed by atoms with Crippen LogP contribution in [-0.2, 0) is 13.0 Å². The zero-order valence-corrected chi connectivity index (χ0v) is 10.7. The van der Waals surface area contributed by atoms with E-state index < -0.39 is 0 Å². The molecule has 0 spiro atoms. The van der Waals surface area contributed by atoms with Crippen LogP contribution in [0.2, 0.25) is 0 Å². The summed E-state index contributed by atoms with van der Waals surface area (Å²) in [6.45, 7) is 5.25. The number of methoxy groups -OCH3 is 1. The topological polar surface area (TPSA) is 53.1 Å². The number of hydrogen-bond acceptors (Lipinski definition) is 3. The molecule has 0 aliphatic carbocycles.